The van der Waals surface area contributed by atoms with Gasteiger partial charge in [-0.2, -0.15) is 13.2 Å². The topological polar surface area (TPSA) is 75.7 Å². The van der Waals surface area contributed by atoms with Crippen LogP contribution in [0.15, 0.2) is 6.07 Å². The van der Waals surface area contributed by atoms with Gasteiger partial charge in [0, 0.05) is 11.6 Å². The highest BCUT2D eigenvalue weighted by Crippen LogP contribution is 2.47. The molecule has 2 amide bonds. The molecule has 0 spiro atoms. The zero-order valence-corrected chi connectivity index (χ0v) is 20.1. The predicted octanol–water partition coefficient (Wildman–Crippen LogP) is 4.48. The molecule has 1 aliphatic heterocycles. The molecule has 0 saturated carbocycles. The van der Waals surface area contributed by atoms with Gasteiger partial charge in [-0.05, 0) is 53.5 Å². The third kappa shape index (κ3) is 5.67. The minimum atomic E-state index is -5.16. The first kappa shape index (κ1) is 27.5. The summed E-state index contributed by atoms with van der Waals surface area (Å²) in [5.41, 5.74) is -5.75. The monoisotopic (exact) mass is 492 g/mol. The van der Waals surface area contributed by atoms with E-state index in [1.54, 1.807) is 34.6 Å². The lowest BCUT2D eigenvalue weighted by molar-refractivity contribution is -0.156. The first-order valence-electron chi connectivity index (χ1n) is 10.7. The number of benzene rings is 1. The molecule has 6 nitrogen and oxygen atoms in total. The van der Waals surface area contributed by atoms with Gasteiger partial charge in [-0.25, -0.2) is 8.78 Å². The first-order chi connectivity index (χ1) is 15.3. The van der Waals surface area contributed by atoms with E-state index in [9.17, 15) is 36.3 Å². The lowest BCUT2D eigenvalue weighted by Gasteiger charge is -2.25. The maximum atomic E-state index is 14.8. The number of nitrogens with zero attached hydrogens (tertiary/aromatic N) is 1. The van der Waals surface area contributed by atoms with E-state index < -0.39 is 76.0 Å². The van der Waals surface area contributed by atoms with E-state index in [1.807, 2.05) is 0 Å². The molecular weight excluding hydrogens is 463 g/mol. The van der Waals surface area contributed by atoms with Crippen LogP contribution in [0.25, 0.3) is 0 Å². The molecule has 0 aromatic heterocycles. The van der Waals surface area contributed by atoms with Crippen LogP contribution in [0.2, 0.25) is 0 Å². The molecule has 1 aromatic carbocycles. The Labute approximate surface area is 194 Å². The second-order valence-corrected chi connectivity index (χ2v) is 10.1. The van der Waals surface area contributed by atoms with Crippen LogP contribution in [0.5, 0.6) is 0 Å². The zero-order valence-electron chi connectivity index (χ0n) is 20.1. The predicted molar refractivity (Wildman–Crippen MR) is 114 cm³/mol. The van der Waals surface area contributed by atoms with Crippen molar-refractivity contribution in [2.24, 2.45) is 5.92 Å². The highest BCUT2D eigenvalue weighted by Gasteiger charge is 2.51. The van der Waals surface area contributed by atoms with Gasteiger partial charge < -0.3 is 10.1 Å². The Hall–Kier alpha value is -2.72. The van der Waals surface area contributed by atoms with Crippen LogP contribution in [-0.4, -0.2) is 36.0 Å². The fourth-order valence-corrected chi connectivity index (χ4v) is 3.76. The van der Waals surface area contributed by atoms with Gasteiger partial charge in [-0.3, -0.25) is 19.3 Å². The van der Waals surface area contributed by atoms with Crippen LogP contribution in [0.3, 0.4) is 0 Å². The van der Waals surface area contributed by atoms with Crippen molar-refractivity contribution >= 4 is 23.5 Å². The number of ether oxygens (including phenoxy) is 1. The number of anilines is 1. The fraction of sp³-hybridized carbons (Fsp3) is 0.609. The Kier molecular flexibility index (Phi) is 7.40. The number of rotatable bonds is 6. The van der Waals surface area contributed by atoms with E-state index >= 15 is 0 Å². The van der Waals surface area contributed by atoms with Crippen molar-refractivity contribution < 1.29 is 41.1 Å². The smallest absolute Gasteiger partial charge is 0.419 e. The van der Waals surface area contributed by atoms with Crippen molar-refractivity contribution in [2.45, 2.75) is 78.1 Å². The SMILES string of the molecule is CC(NC(=O)CN1C(=O)C(C)(C)c2c(F)c(C(F)(F)F)cc(F)c21)[C@@H](C)CC(=O)OC(C)(C)C. The summed E-state index contributed by atoms with van der Waals surface area (Å²) in [6.07, 6.45) is -5.17. The van der Waals surface area contributed by atoms with Crippen molar-refractivity contribution in [3.05, 3.63) is 28.8 Å². The molecule has 34 heavy (non-hydrogen) atoms. The van der Waals surface area contributed by atoms with E-state index in [2.05, 4.69) is 5.32 Å². The Balaban J connectivity index is 2.23. The summed E-state index contributed by atoms with van der Waals surface area (Å²) in [5, 5.41) is 2.59. The summed E-state index contributed by atoms with van der Waals surface area (Å²) in [7, 11) is 0. The fourth-order valence-electron chi connectivity index (χ4n) is 3.76. The second-order valence-electron chi connectivity index (χ2n) is 10.1. The molecule has 1 unspecified atom stereocenters. The summed E-state index contributed by atoms with van der Waals surface area (Å²) in [6.45, 7) is 10.1. The van der Waals surface area contributed by atoms with Crippen molar-refractivity contribution in [3.8, 4) is 0 Å². The summed E-state index contributed by atoms with van der Waals surface area (Å²) < 4.78 is 74.2. The van der Waals surface area contributed by atoms with Gasteiger partial charge in [-0.1, -0.05) is 6.92 Å². The van der Waals surface area contributed by atoms with Crippen LogP contribution in [0.1, 0.15) is 66.0 Å². The van der Waals surface area contributed by atoms with Crippen LogP contribution in [0.4, 0.5) is 27.6 Å². The lowest BCUT2D eigenvalue weighted by atomic mass is 9.84. The highest BCUT2D eigenvalue weighted by atomic mass is 19.4. The third-order valence-corrected chi connectivity index (χ3v) is 5.62. The highest BCUT2D eigenvalue weighted by molar-refractivity contribution is 6.10. The largest absolute Gasteiger partial charge is 0.460 e. The molecule has 1 aliphatic rings. The lowest BCUT2D eigenvalue weighted by Crippen LogP contribution is -2.46. The van der Waals surface area contributed by atoms with E-state index in [4.69, 9.17) is 4.74 Å². The molecular formula is C23H29F5N2O4. The van der Waals surface area contributed by atoms with Crippen LogP contribution in [-0.2, 0) is 30.7 Å². The summed E-state index contributed by atoms with van der Waals surface area (Å²) >= 11 is 0. The van der Waals surface area contributed by atoms with Crippen molar-refractivity contribution in [3.63, 3.8) is 0 Å². The average Bonchev–Trinajstić information content (AvgIpc) is 2.83. The molecule has 1 N–H and O–H groups in total. The molecule has 0 aliphatic carbocycles. The minimum Gasteiger partial charge on any atom is -0.460 e. The standard InChI is InChI=1S/C23H29F5N2O4/c1-11(8-16(32)34-21(3,4)5)12(2)29-15(31)10-30-19-14(24)9-13(23(26,27)28)18(25)17(19)22(6,7)20(30)33/h9,11-12H,8,10H2,1-7H3,(H,29,31)/t11-,12?/m0/s1. The number of hydrogen-bond donors (Lipinski definition) is 1. The molecule has 2 rings (SSSR count). The summed E-state index contributed by atoms with van der Waals surface area (Å²) in [4.78, 5) is 38.1. The Morgan fingerprint density at radius 2 is 1.71 bits per heavy atom. The number of halogens is 5. The molecule has 2 atom stereocenters. The van der Waals surface area contributed by atoms with Gasteiger partial charge in [0.05, 0.1) is 23.1 Å². The van der Waals surface area contributed by atoms with Gasteiger partial charge >= 0.3 is 12.1 Å². The molecule has 0 bridgehead atoms. The summed E-state index contributed by atoms with van der Waals surface area (Å²) in [5.74, 6) is -5.69. The van der Waals surface area contributed by atoms with Gasteiger partial charge in [0.25, 0.3) is 0 Å². The molecule has 190 valence electrons. The van der Waals surface area contributed by atoms with Gasteiger partial charge in [0.15, 0.2) is 0 Å². The minimum absolute atomic E-state index is 0.00269. The van der Waals surface area contributed by atoms with Crippen molar-refractivity contribution in [1.82, 2.24) is 5.32 Å². The van der Waals surface area contributed by atoms with Crippen molar-refractivity contribution in [1.29, 1.82) is 0 Å². The number of amides is 2. The van der Waals surface area contributed by atoms with Gasteiger partial charge in [-0.15, -0.1) is 0 Å². The number of esters is 1. The van der Waals surface area contributed by atoms with E-state index in [0.717, 1.165) is 0 Å². The van der Waals surface area contributed by atoms with E-state index in [1.165, 1.54) is 13.8 Å². The van der Waals surface area contributed by atoms with E-state index in [-0.39, 0.29) is 18.4 Å². The van der Waals surface area contributed by atoms with Gasteiger partial charge in [0.2, 0.25) is 11.8 Å². The van der Waals surface area contributed by atoms with Crippen LogP contribution >= 0.6 is 0 Å². The molecule has 0 radical (unpaired) electrons. The quantitative estimate of drug-likeness (QED) is 0.469. The Morgan fingerprint density at radius 3 is 2.21 bits per heavy atom. The number of carbonyl (C=O) groups is 3. The normalized spacial score (nSPS) is 17.3. The van der Waals surface area contributed by atoms with Crippen molar-refractivity contribution in [2.75, 3.05) is 11.4 Å². The van der Waals surface area contributed by atoms with Gasteiger partial charge in [0.1, 0.15) is 23.8 Å². The maximum absolute atomic E-state index is 14.8. The zero-order chi connectivity index (χ0) is 26.4. The third-order valence-electron chi connectivity index (χ3n) is 5.62. The molecule has 0 fully saturated rings. The first-order valence-corrected chi connectivity index (χ1v) is 10.7. The second kappa shape index (κ2) is 9.14. The summed E-state index contributed by atoms with van der Waals surface area (Å²) in [6, 6.07) is -0.571. The Morgan fingerprint density at radius 1 is 1.15 bits per heavy atom. The molecule has 1 heterocycles. The molecule has 0 saturated heterocycles. The maximum Gasteiger partial charge on any atom is 0.419 e. The molecule has 1 aromatic rings. The van der Waals surface area contributed by atoms with Crippen LogP contribution in [0, 0.1) is 17.6 Å². The Bertz CT molecular complexity index is 999. The number of carbonyl (C=O) groups excluding carboxylic acids is 3. The average molecular weight is 492 g/mol. The number of nitrogens with one attached hydrogen (secondary N) is 1. The number of fused-ring (bicyclic) bond motifs is 1. The number of alkyl halides is 3. The number of hydrogen-bond acceptors (Lipinski definition) is 4. The van der Waals surface area contributed by atoms with E-state index in [0.29, 0.717) is 4.90 Å². The van der Waals surface area contributed by atoms with Crippen LogP contribution < -0.4 is 10.2 Å². The molecule has 11 heteroatoms.